The van der Waals surface area contributed by atoms with Crippen LogP contribution in [0.25, 0.3) is 0 Å². The highest BCUT2D eigenvalue weighted by Crippen LogP contribution is 2.30. The summed E-state index contributed by atoms with van der Waals surface area (Å²) in [6, 6.07) is 23.0. The van der Waals surface area contributed by atoms with Crippen molar-refractivity contribution in [3.8, 4) is 17.2 Å². The number of nitrogens with one attached hydrogen (secondary N) is 1. The van der Waals surface area contributed by atoms with Gasteiger partial charge >= 0.3 is 0 Å². The highest BCUT2D eigenvalue weighted by molar-refractivity contribution is 5.95. The van der Waals surface area contributed by atoms with Gasteiger partial charge in [0.15, 0.2) is 11.9 Å². The quantitative estimate of drug-likeness (QED) is 0.585. The molecule has 1 aliphatic rings. The Morgan fingerprint density at radius 1 is 0.862 bits per heavy atom. The van der Waals surface area contributed by atoms with E-state index in [-0.39, 0.29) is 5.91 Å². The maximum Gasteiger partial charge on any atom is 0.265 e. The van der Waals surface area contributed by atoms with Crippen molar-refractivity contribution in [1.29, 1.82) is 0 Å². The van der Waals surface area contributed by atoms with Crippen LogP contribution in [0.2, 0.25) is 0 Å². The molecule has 0 spiro atoms. The van der Waals surface area contributed by atoms with Crippen LogP contribution in [-0.4, -0.2) is 12.0 Å². The number of hydrogen-bond acceptors (Lipinski definition) is 3. The number of amides is 1. The Morgan fingerprint density at radius 3 is 2.41 bits per heavy atom. The van der Waals surface area contributed by atoms with Gasteiger partial charge in [0.1, 0.15) is 11.5 Å². The van der Waals surface area contributed by atoms with Crippen molar-refractivity contribution in [3.05, 3.63) is 83.9 Å². The zero-order valence-corrected chi connectivity index (χ0v) is 16.6. The number of para-hydroxylation sites is 3. The van der Waals surface area contributed by atoms with Crippen LogP contribution >= 0.6 is 0 Å². The van der Waals surface area contributed by atoms with E-state index in [0.29, 0.717) is 17.2 Å². The topological polar surface area (TPSA) is 47.6 Å². The van der Waals surface area contributed by atoms with E-state index >= 15 is 0 Å². The summed E-state index contributed by atoms with van der Waals surface area (Å²) in [7, 11) is 0. The summed E-state index contributed by atoms with van der Waals surface area (Å²) >= 11 is 0. The van der Waals surface area contributed by atoms with Crippen molar-refractivity contribution >= 4 is 11.6 Å². The lowest BCUT2D eigenvalue weighted by Gasteiger charge is -2.19. The zero-order valence-electron chi connectivity index (χ0n) is 16.6. The number of carbonyl (C=O) groups excluding carboxylic acids is 1. The van der Waals surface area contributed by atoms with Crippen LogP contribution in [0, 0.1) is 0 Å². The van der Waals surface area contributed by atoms with Gasteiger partial charge in [0.05, 0.1) is 5.69 Å². The molecule has 1 amide bonds. The van der Waals surface area contributed by atoms with E-state index in [1.54, 1.807) is 6.92 Å². The summed E-state index contributed by atoms with van der Waals surface area (Å²) in [6.45, 7) is 1.76. The van der Waals surface area contributed by atoms with Gasteiger partial charge in [0.2, 0.25) is 0 Å². The molecular weight excluding hydrogens is 362 g/mol. The molecule has 1 atom stereocenters. The fourth-order valence-corrected chi connectivity index (χ4v) is 3.55. The molecule has 0 saturated carbocycles. The molecule has 4 heteroatoms. The predicted octanol–water partition coefficient (Wildman–Crippen LogP) is 5.76. The van der Waals surface area contributed by atoms with Crippen LogP contribution in [0.4, 0.5) is 5.69 Å². The number of hydrogen-bond donors (Lipinski definition) is 1. The molecule has 148 valence electrons. The molecule has 3 aromatic rings. The third kappa shape index (κ3) is 4.77. The van der Waals surface area contributed by atoms with Crippen molar-refractivity contribution < 1.29 is 14.3 Å². The number of benzene rings is 3. The van der Waals surface area contributed by atoms with Crippen molar-refractivity contribution in [1.82, 2.24) is 0 Å². The van der Waals surface area contributed by atoms with Crippen LogP contribution in [-0.2, 0) is 17.6 Å². The van der Waals surface area contributed by atoms with Gasteiger partial charge in [-0.1, -0.05) is 36.4 Å². The molecule has 3 aromatic carbocycles. The standard InChI is InChI=1S/C25H25NO3/c1-18(28-22-16-15-19-9-5-6-10-20(19)17-22)25(27)26-23-13-7-8-14-24(23)29-21-11-3-2-4-12-21/h2-4,7-8,11-18H,5-6,9-10H2,1H3,(H,26,27)/t18-/m1/s1. The van der Waals surface area contributed by atoms with Gasteiger partial charge in [-0.2, -0.15) is 0 Å². The molecule has 4 nitrogen and oxygen atoms in total. The molecule has 29 heavy (non-hydrogen) atoms. The van der Waals surface area contributed by atoms with Gasteiger partial charge in [0.25, 0.3) is 5.91 Å². The first kappa shape index (κ1) is 19.1. The Morgan fingerprint density at radius 2 is 1.59 bits per heavy atom. The molecule has 0 fully saturated rings. The minimum absolute atomic E-state index is 0.216. The van der Waals surface area contributed by atoms with Gasteiger partial charge in [-0.15, -0.1) is 0 Å². The molecule has 4 rings (SSSR count). The first-order chi connectivity index (χ1) is 14.2. The molecule has 0 saturated heterocycles. The fourth-order valence-electron chi connectivity index (χ4n) is 3.55. The maximum absolute atomic E-state index is 12.7. The highest BCUT2D eigenvalue weighted by Gasteiger charge is 2.18. The van der Waals surface area contributed by atoms with Gasteiger partial charge in [0, 0.05) is 0 Å². The van der Waals surface area contributed by atoms with E-state index in [1.165, 1.54) is 24.0 Å². The Kier molecular flexibility index (Phi) is 5.80. The second-order valence-corrected chi connectivity index (χ2v) is 7.30. The summed E-state index contributed by atoms with van der Waals surface area (Å²) in [5.41, 5.74) is 3.35. The van der Waals surface area contributed by atoms with Gasteiger partial charge < -0.3 is 14.8 Å². The number of aryl methyl sites for hydroxylation is 2. The third-order valence-corrected chi connectivity index (χ3v) is 5.12. The Hall–Kier alpha value is -3.27. The minimum atomic E-state index is -0.624. The lowest BCUT2D eigenvalue weighted by Crippen LogP contribution is -2.30. The highest BCUT2D eigenvalue weighted by atomic mass is 16.5. The van der Waals surface area contributed by atoms with Crippen molar-refractivity contribution in [2.45, 2.75) is 38.7 Å². The van der Waals surface area contributed by atoms with Crippen LogP contribution in [0.3, 0.4) is 0 Å². The molecule has 0 heterocycles. The second-order valence-electron chi connectivity index (χ2n) is 7.30. The Bertz CT molecular complexity index is 984. The molecule has 0 radical (unpaired) electrons. The lowest BCUT2D eigenvalue weighted by molar-refractivity contribution is -0.122. The molecule has 1 N–H and O–H groups in total. The summed E-state index contributed by atoms with van der Waals surface area (Å²) in [6.07, 6.45) is 4.05. The van der Waals surface area contributed by atoms with E-state index in [0.717, 1.165) is 18.6 Å². The number of rotatable bonds is 6. The summed E-state index contributed by atoms with van der Waals surface area (Å²) < 4.78 is 11.8. The van der Waals surface area contributed by atoms with E-state index in [1.807, 2.05) is 60.7 Å². The van der Waals surface area contributed by atoms with Crippen molar-refractivity contribution in [3.63, 3.8) is 0 Å². The van der Waals surface area contributed by atoms with E-state index in [2.05, 4.69) is 17.4 Å². The first-order valence-corrected chi connectivity index (χ1v) is 10.1. The van der Waals surface area contributed by atoms with E-state index in [9.17, 15) is 4.79 Å². The second kappa shape index (κ2) is 8.82. The normalized spacial score (nSPS) is 13.8. The van der Waals surface area contributed by atoms with Gasteiger partial charge in [-0.3, -0.25) is 4.79 Å². The van der Waals surface area contributed by atoms with Gasteiger partial charge in [-0.05, 0) is 80.1 Å². The fraction of sp³-hybridized carbons (Fsp3) is 0.240. The zero-order chi connectivity index (χ0) is 20.1. The largest absolute Gasteiger partial charge is 0.481 e. The molecule has 0 unspecified atom stereocenters. The maximum atomic E-state index is 12.7. The number of fused-ring (bicyclic) bond motifs is 1. The van der Waals surface area contributed by atoms with Crippen LogP contribution in [0.5, 0.6) is 17.2 Å². The summed E-state index contributed by atoms with van der Waals surface area (Å²) in [4.78, 5) is 12.7. The van der Waals surface area contributed by atoms with Crippen molar-refractivity contribution in [2.75, 3.05) is 5.32 Å². The predicted molar refractivity (Wildman–Crippen MR) is 115 cm³/mol. The summed E-state index contributed by atoms with van der Waals surface area (Å²) in [5.74, 6) is 1.83. The molecule has 0 aliphatic heterocycles. The van der Waals surface area contributed by atoms with E-state index < -0.39 is 6.10 Å². The van der Waals surface area contributed by atoms with Crippen LogP contribution in [0.1, 0.15) is 30.9 Å². The van der Waals surface area contributed by atoms with Crippen LogP contribution < -0.4 is 14.8 Å². The van der Waals surface area contributed by atoms with Gasteiger partial charge in [-0.25, -0.2) is 0 Å². The number of ether oxygens (including phenoxy) is 2. The minimum Gasteiger partial charge on any atom is -0.481 e. The first-order valence-electron chi connectivity index (χ1n) is 10.1. The molecule has 0 aromatic heterocycles. The summed E-state index contributed by atoms with van der Waals surface area (Å²) in [5, 5.41) is 2.92. The number of anilines is 1. The SMILES string of the molecule is C[C@@H](Oc1ccc2c(c1)CCCC2)C(=O)Nc1ccccc1Oc1ccccc1. The van der Waals surface area contributed by atoms with E-state index in [4.69, 9.17) is 9.47 Å². The molecular formula is C25H25NO3. The Balaban J connectivity index is 1.43. The average molecular weight is 387 g/mol. The Labute approximate surface area is 171 Å². The monoisotopic (exact) mass is 387 g/mol. The third-order valence-electron chi connectivity index (χ3n) is 5.12. The lowest BCUT2D eigenvalue weighted by atomic mass is 9.92. The van der Waals surface area contributed by atoms with Crippen molar-refractivity contribution in [2.24, 2.45) is 0 Å². The van der Waals surface area contributed by atoms with Crippen LogP contribution in [0.15, 0.2) is 72.8 Å². The smallest absolute Gasteiger partial charge is 0.265 e. The molecule has 0 bridgehead atoms. The molecule has 1 aliphatic carbocycles. The average Bonchev–Trinajstić information content (AvgIpc) is 2.75. The number of carbonyl (C=O) groups is 1.